The van der Waals surface area contributed by atoms with Crippen molar-refractivity contribution in [2.24, 2.45) is 0 Å². The molecule has 0 saturated heterocycles. The van der Waals surface area contributed by atoms with Crippen molar-refractivity contribution in [1.82, 2.24) is 20.4 Å². The minimum absolute atomic E-state index is 0.356. The molecular formula is C13H16Br2N4O. The Kier molecular flexibility index (Phi) is 5.68. The summed E-state index contributed by atoms with van der Waals surface area (Å²) in [6, 6.07) is 2.26. The van der Waals surface area contributed by atoms with Crippen LogP contribution in [-0.4, -0.2) is 28.2 Å². The van der Waals surface area contributed by atoms with Gasteiger partial charge in [0.2, 0.25) is 11.7 Å². The molecule has 1 atom stereocenters. The van der Waals surface area contributed by atoms with Gasteiger partial charge >= 0.3 is 0 Å². The Labute approximate surface area is 134 Å². The summed E-state index contributed by atoms with van der Waals surface area (Å²) in [4.78, 5) is 8.72. The molecule has 5 nitrogen and oxygen atoms in total. The minimum atomic E-state index is 0.356. The number of rotatable bonds is 6. The molecule has 2 rings (SSSR count). The first-order chi connectivity index (χ1) is 9.63. The zero-order chi connectivity index (χ0) is 14.5. The largest absolute Gasteiger partial charge is 0.339 e. The van der Waals surface area contributed by atoms with Crippen molar-refractivity contribution in [3.05, 3.63) is 27.1 Å². The molecule has 0 aromatic carbocycles. The molecule has 2 aromatic heterocycles. The number of nitrogens with one attached hydrogen (secondary N) is 1. The van der Waals surface area contributed by atoms with E-state index in [1.165, 1.54) is 0 Å². The van der Waals surface area contributed by atoms with Gasteiger partial charge in [0, 0.05) is 27.6 Å². The van der Waals surface area contributed by atoms with Gasteiger partial charge in [-0.1, -0.05) is 18.5 Å². The molecule has 1 N–H and O–H groups in total. The summed E-state index contributed by atoms with van der Waals surface area (Å²) in [6.07, 6.45) is 4.63. The molecule has 0 amide bonds. The highest BCUT2D eigenvalue weighted by Crippen LogP contribution is 2.26. The topological polar surface area (TPSA) is 63.8 Å². The second-order valence-electron chi connectivity index (χ2n) is 4.47. The zero-order valence-corrected chi connectivity index (χ0v) is 14.5. The number of halogens is 2. The normalized spacial score (nSPS) is 12.6. The molecule has 0 aliphatic heterocycles. The van der Waals surface area contributed by atoms with Crippen molar-refractivity contribution in [2.45, 2.75) is 32.2 Å². The van der Waals surface area contributed by atoms with E-state index in [1.807, 2.05) is 13.1 Å². The third-order valence-electron chi connectivity index (χ3n) is 2.95. The van der Waals surface area contributed by atoms with Gasteiger partial charge in [0.15, 0.2) is 0 Å². The maximum atomic E-state index is 5.31. The fourth-order valence-corrected chi connectivity index (χ4v) is 3.09. The lowest BCUT2D eigenvalue weighted by Gasteiger charge is -2.11. The van der Waals surface area contributed by atoms with E-state index in [0.717, 1.165) is 28.2 Å². The third-order valence-corrected chi connectivity index (χ3v) is 3.99. The quantitative estimate of drug-likeness (QED) is 0.798. The minimum Gasteiger partial charge on any atom is -0.339 e. The molecule has 0 spiro atoms. The first kappa shape index (κ1) is 15.6. The molecule has 0 aliphatic carbocycles. The summed E-state index contributed by atoms with van der Waals surface area (Å²) in [5, 5.41) is 7.26. The molecule has 1 unspecified atom stereocenters. The maximum Gasteiger partial charge on any atom is 0.228 e. The van der Waals surface area contributed by atoms with E-state index >= 15 is 0 Å². The Morgan fingerprint density at radius 1 is 1.40 bits per heavy atom. The predicted molar refractivity (Wildman–Crippen MR) is 84.4 cm³/mol. The van der Waals surface area contributed by atoms with Gasteiger partial charge in [-0.3, -0.25) is 4.98 Å². The summed E-state index contributed by atoms with van der Waals surface area (Å²) in [6.45, 7) is 2.16. The van der Waals surface area contributed by atoms with Crippen LogP contribution in [-0.2, 0) is 6.42 Å². The highest BCUT2D eigenvalue weighted by Gasteiger charge is 2.16. The van der Waals surface area contributed by atoms with Crippen LogP contribution in [0.25, 0.3) is 11.5 Å². The number of hydrogen-bond acceptors (Lipinski definition) is 5. The van der Waals surface area contributed by atoms with Crippen LogP contribution in [0.15, 0.2) is 25.7 Å². The van der Waals surface area contributed by atoms with E-state index < -0.39 is 0 Å². The summed E-state index contributed by atoms with van der Waals surface area (Å²) in [5.41, 5.74) is 0.680. The first-order valence-corrected chi connectivity index (χ1v) is 8.04. The second-order valence-corrected chi connectivity index (χ2v) is 6.24. The smallest absolute Gasteiger partial charge is 0.228 e. The number of aromatic nitrogens is 3. The van der Waals surface area contributed by atoms with E-state index in [1.54, 1.807) is 6.20 Å². The van der Waals surface area contributed by atoms with Gasteiger partial charge in [-0.25, -0.2) is 0 Å². The average Bonchev–Trinajstić information content (AvgIpc) is 2.86. The molecule has 2 heterocycles. The summed E-state index contributed by atoms with van der Waals surface area (Å²) in [5.74, 6) is 1.13. The van der Waals surface area contributed by atoms with Crippen LogP contribution in [0.3, 0.4) is 0 Å². The van der Waals surface area contributed by atoms with E-state index in [2.05, 4.69) is 59.2 Å². The highest BCUT2D eigenvalue weighted by atomic mass is 79.9. The molecular weight excluding hydrogens is 388 g/mol. The summed E-state index contributed by atoms with van der Waals surface area (Å²) >= 11 is 6.82. The van der Waals surface area contributed by atoms with Gasteiger partial charge in [0.05, 0.1) is 0 Å². The zero-order valence-electron chi connectivity index (χ0n) is 11.4. The third kappa shape index (κ3) is 3.86. The van der Waals surface area contributed by atoms with E-state index in [-0.39, 0.29) is 0 Å². The van der Waals surface area contributed by atoms with Crippen molar-refractivity contribution in [3.63, 3.8) is 0 Å². The fourth-order valence-electron chi connectivity index (χ4n) is 1.92. The van der Waals surface area contributed by atoms with Gasteiger partial charge in [-0.15, -0.1) is 0 Å². The summed E-state index contributed by atoms with van der Waals surface area (Å²) in [7, 11) is 1.95. The number of likely N-dealkylation sites (N-methyl/N-ethyl adjacent to an activating group) is 1. The molecule has 0 radical (unpaired) electrons. The van der Waals surface area contributed by atoms with Crippen molar-refractivity contribution in [3.8, 4) is 11.5 Å². The second kappa shape index (κ2) is 7.28. The lowest BCUT2D eigenvalue weighted by atomic mass is 10.1. The van der Waals surface area contributed by atoms with Gasteiger partial charge in [-0.2, -0.15) is 4.98 Å². The van der Waals surface area contributed by atoms with Gasteiger partial charge in [-0.05, 0) is 51.4 Å². The predicted octanol–water partition coefficient (Wildman–Crippen LogP) is 3.59. The van der Waals surface area contributed by atoms with E-state index in [4.69, 9.17) is 4.52 Å². The standard InChI is InChI=1S/C13H16Br2N4O/c1-3-4-9(16-2)6-11-18-13(19-20-11)12-10(15)5-8(14)7-17-12/h5,7,9,16H,3-4,6H2,1-2H3. The van der Waals surface area contributed by atoms with Gasteiger partial charge < -0.3 is 9.84 Å². The monoisotopic (exact) mass is 402 g/mol. The lowest BCUT2D eigenvalue weighted by Crippen LogP contribution is -2.27. The SMILES string of the molecule is CCCC(Cc1nc(-c2ncc(Br)cc2Br)no1)NC. The molecule has 7 heteroatoms. The van der Waals surface area contributed by atoms with Crippen molar-refractivity contribution in [2.75, 3.05) is 7.05 Å². The number of nitrogens with zero attached hydrogens (tertiary/aromatic N) is 3. The van der Waals surface area contributed by atoms with E-state index in [0.29, 0.717) is 23.5 Å². The maximum absolute atomic E-state index is 5.31. The van der Waals surface area contributed by atoms with Crippen LogP contribution in [0.1, 0.15) is 25.7 Å². The average molecular weight is 404 g/mol. The molecule has 0 aliphatic rings. The molecule has 0 bridgehead atoms. The fraction of sp³-hybridized carbons (Fsp3) is 0.462. The molecule has 108 valence electrons. The number of pyridine rings is 1. The molecule has 2 aromatic rings. The molecule has 0 saturated carbocycles. The van der Waals surface area contributed by atoms with E-state index in [9.17, 15) is 0 Å². The Morgan fingerprint density at radius 2 is 2.20 bits per heavy atom. The Hall–Kier alpha value is -0.790. The summed E-state index contributed by atoms with van der Waals surface area (Å²) < 4.78 is 7.04. The first-order valence-electron chi connectivity index (χ1n) is 6.45. The Morgan fingerprint density at radius 3 is 2.85 bits per heavy atom. The van der Waals surface area contributed by atoms with Crippen molar-refractivity contribution < 1.29 is 4.52 Å². The van der Waals surface area contributed by atoms with Crippen LogP contribution in [0.2, 0.25) is 0 Å². The van der Waals surface area contributed by atoms with Crippen LogP contribution in [0.5, 0.6) is 0 Å². The molecule has 0 fully saturated rings. The van der Waals surface area contributed by atoms with Gasteiger partial charge in [0.25, 0.3) is 0 Å². The van der Waals surface area contributed by atoms with Crippen molar-refractivity contribution >= 4 is 31.9 Å². The Balaban J connectivity index is 2.16. The van der Waals surface area contributed by atoms with Crippen LogP contribution in [0, 0.1) is 0 Å². The van der Waals surface area contributed by atoms with Crippen molar-refractivity contribution in [1.29, 1.82) is 0 Å². The highest BCUT2D eigenvalue weighted by molar-refractivity contribution is 9.11. The lowest BCUT2D eigenvalue weighted by molar-refractivity contribution is 0.356. The van der Waals surface area contributed by atoms with Crippen LogP contribution < -0.4 is 5.32 Å². The number of hydrogen-bond donors (Lipinski definition) is 1. The van der Waals surface area contributed by atoms with Crippen LogP contribution in [0.4, 0.5) is 0 Å². The molecule has 20 heavy (non-hydrogen) atoms. The van der Waals surface area contributed by atoms with Crippen LogP contribution >= 0.6 is 31.9 Å². The van der Waals surface area contributed by atoms with Gasteiger partial charge in [0.1, 0.15) is 5.69 Å². The Bertz CT molecular complexity index is 573.